The third kappa shape index (κ3) is 4.82. The number of hydrogen-bond donors (Lipinski definition) is 1. The second kappa shape index (κ2) is 9.47. The molecule has 1 aromatic carbocycles. The molecule has 0 atom stereocenters. The number of pyridine rings is 1. The van der Waals surface area contributed by atoms with Gasteiger partial charge in [0.25, 0.3) is 5.91 Å². The molecule has 1 aliphatic rings. The van der Waals surface area contributed by atoms with Crippen LogP contribution in [0.3, 0.4) is 0 Å². The number of rotatable bonds is 7. The van der Waals surface area contributed by atoms with Crippen LogP contribution < -0.4 is 10.7 Å². The number of ether oxygens (including phenoxy) is 2. The Morgan fingerprint density at radius 2 is 1.87 bits per heavy atom. The van der Waals surface area contributed by atoms with Gasteiger partial charge in [-0.3, -0.25) is 9.59 Å². The van der Waals surface area contributed by atoms with Gasteiger partial charge in [0.05, 0.1) is 17.0 Å². The van der Waals surface area contributed by atoms with Crippen LogP contribution in [0.25, 0.3) is 10.9 Å². The number of aromatic nitrogens is 1. The Morgan fingerprint density at radius 1 is 1.23 bits per heavy atom. The van der Waals surface area contributed by atoms with Gasteiger partial charge in [-0.05, 0) is 37.0 Å². The van der Waals surface area contributed by atoms with Crippen LogP contribution in [0.5, 0.6) is 0 Å². The van der Waals surface area contributed by atoms with Crippen molar-refractivity contribution in [3.05, 3.63) is 40.2 Å². The van der Waals surface area contributed by atoms with E-state index in [9.17, 15) is 18.0 Å². The molecule has 10 heteroatoms. The van der Waals surface area contributed by atoms with Crippen molar-refractivity contribution >= 4 is 26.8 Å². The van der Waals surface area contributed by atoms with Crippen molar-refractivity contribution < 1.29 is 22.7 Å². The number of nitrogens with zero attached hydrogens (tertiary/aromatic N) is 2. The fraction of sp³-hybridized carbons (Fsp3) is 0.524. The zero-order valence-electron chi connectivity index (χ0n) is 18.3. The molecule has 1 amide bonds. The molecule has 1 aromatic heterocycles. The monoisotopic (exact) mass is 451 g/mol. The lowest BCUT2D eigenvalue weighted by molar-refractivity contribution is -0.0974. The molecule has 0 saturated carbocycles. The first-order valence-electron chi connectivity index (χ1n) is 10.2. The molecule has 0 unspecified atom stereocenters. The van der Waals surface area contributed by atoms with Crippen LogP contribution >= 0.6 is 0 Å². The quantitative estimate of drug-likeness (QED) is 0.636. The summed E-state index contributed by atoms with van der Waals surface area (Å²) in [6.07, 6.45) is 2.41. The minimum absolute atomic E-state index is 0.0584. The van der Waals surface area contributed by atoms with E-state index in [0.29, 0.717) is 24.5 Å². The first kappa shape index (κ1) is 23.4. The summed E-state index contributed by atoms with van der Waals surface area (Å²) in [5.41, 5.74) is -0.0666. The van der Waals surface area contributed by atoms with Crippen LogP contribution in [-0.4, -0.2) is 63.3 Å². The highest BCUT2D eigenvalue weighted by molar-refractivity contribution is 7.89. The Balaban J connectivity index is 1.97. The van der Waals surface area contributed by atoms with Crippen LogP contribution in [0.2, 0.25) is 0 Å². The minimum Gasteiger partial charge on any atom is -0.354 e. The van der Waals surface area contributed by atoms with Crippen LogP contribution in [0.1, 0.15) is 30.1 Å². The second-order valence-electron chi connectivity index (χ2n) is 7.86. The highest BCUT2D eigenvalue weighted by atomic mass is 32.2. The van der Waals surface area contributed by atoms with Crippen molar-refractivity contribution in [1.82, 2.24) is 14.2 Å². The fourth-order valence-electron chi connectivity index (χ4n) is 3.70. The SMILES string of the molecule is COC(CNC(=O)c1cn(C)c2ccc(S(=O)(=O)N3CCC(C)CC3)cc2c1=O)OC. The predicted octanol–water partition coefficient (Wildman–Crippen LogP) is 1.31. The number of piperidine rings is 1. The summed E-state index contributed by atoms with van der Waals surface area (Å²) in [7, 11) is 0.874. The molecular formula is C21H29N3O6S. The maximum atomic E-state index is 13.1. The molecule has 170 valence electrons. The number of methoxy groups -OCH3 is 2. The Morgan fingerprint density at radius 3 is 2.48 bits per heavy atom. The summed E-state index contributed by atoms with van der Waals surface area (Å²) in [5.74, 6) is -0.0906. The van der Waals surface area contributed by atoms with E-state index >= 15 is 0 Å². The Kier molecular flexibility index (Phi) is 7.15. The van der Waals surface area contributed by atoms with E-state index in [-0.39, 0.29) is 22.4 Å². The maximum absolute atomic E-state index is 13.1. The molecule has 1 fully saturated rings. The number of amides is 1. The molecule has 0 aliphatic carbocycles. The summed E-state index contributed by atoms with van der Waals surface area (Å²) >= 11 is 0. The van der Waals surface area contributed by atoms with Gasteiger partial charge in [0, 0.05) is 45.9 Å². The fourth-order valence-corrected chi connectivity index (χ4v) is 5.20. The minimum atomic E-state index is -3.72. The van der Waals surface area contributed by atoms with Crippen molar-refractivity contribution in [3.8, 4) is 0 Å². The number of nitrogens with one attached hydrogen (secondary N) is 1. The molecule has 1 aliphatic heterocycles. The molecule has 31 heavy (non-hydrogen) atoms. The molecule has 1 N–H and O–H groups in total. The highest BCUT2D eigenvalue weighted by Gasteiger charge is 2.28. The van der Waals surface area contributed by atoms with Gasteiger partial charge in [-0.15, -0.1) is 0 Å². The predicted molar refractivity (Wildman–Crippen MR) is 116 cm³/mol. The second-order valence-corrected chi connectivity index (χ2v) is 9.80. The number of sulfonamides is 1. The standard InChI is InChI=1S/C21H29N3O6S/c1-14-7-9-24(10-8-14)31(27,28)15-5-6-18-16(11-15)20(25)17(13-23(18)2)21(26)22-12-19(29-3)30-4/h5-6,11,13-14,19H,7-10,12H2,1-4H3,(H,22,26). The van der Waals surface area contributed by atoms with Gasteiger partial charge < -0.3 is 19.4 Å². The van der Waals surface area contributed by atoms with E-state index in [1.54, 1.807) is 17.7 Å². The van der Waals surface area contributed by atoms with Crippen LogP contribution in [-0.2, 0) is 26.5 Å². The molecule has 0 bridgehead atoms. The molecule has 9 nitrogen and oxygen atoms in total. The van der Waals surface area contributed by atoms with E-state index in [2.05, 4.69) is 12.2 Å². The molecule has 1 saturated heterocycles. The van der Waals surface area contributed by atoms with Crippen molar-refractivity contribution in [2.45, 2.75) is 31.0 Å². The smallest absolute Gasteiger partial charge is 0.256 e. The third-order valence-electron chi connectivity index (χ3n) is 5.74. The van der Waals surface area contributed by atoms with E-state index in [1.807, 2.05) is 0 Å². The lowest BCUT2D eigenvalue weighted by Crippen LogP contribution is -2.38. The third-order valence-corrected chi connectivity index (χ3v) is 7.63. The summed E-state index contributed by atoms with van der Waals surface area (Å²) in [6.45, 7) is 3.09. The zero-order valence-corrected chi connectivity index (χ0v) is 19.1. The van der Waals surface area contributed by atoms with E-state index in [0.717, 1.165) is 12.8 Å². The number of carbonyl (C=O) groups is 1. The lowest BCUT2D eigenvalue weighted by atomic mass is 10.0. The molecule has 0 spiro atoms. The molecule has 2 aromatic rings. The average Bonchev–Trinajstić information content (AvgIpc) is 2.76. The molecular weight excluding hydrogens is 422 g/mol. The van der Waals surface area contributed by atoms with Crippen molar-refractivity contribution in [2.75, 3.05) is 33.9 Å². The molecule has 0 radical (unpaired) electrons. The number of carbonyl (C=O) groups excluding carboxylic acids is 1. The van der Waals surface area contributed by atoms with Gasteiger partial charge in [-0.2, -0.15) is 4.31 Å². The van der Waals surface area contributed by atoms with Gasteiger partial charge in [-0.25, -0.2) is 8.42 Å². The van der Waals surface area contributed by atoms with Gasteiger partial charge in [0.1, 0.15) is 5.56 Å². The number of aryl methyl sites for hydroxylation is 1. The van der Waals surface area contributed by atoms with E-state index in [1.165, 1.54) is 36.9 Å². The Labute approximate surface area is 182 Å². The number of benzene rings is 1. The first-order valence-corrected chi connectivity index (χ1v) is 11.6. The van der Waals surface area contributed by atoms with Crippen LogP contribution in [0, 0.1) is 5.92 Å². The largest absolute Gasteiger partial charge is 0.354 e. The van der Waals surface area contributed by atoms with Crippen LogP contribution in [0.4, 0.5) is 0 Å². The summed E-state index contributed by atoms with van der Waals surface area (Å²) in [6, 6.07) is 4.48. The van der Waals surface area contributed by atoms with Crippen LogP contribution in [0.15, 0.2) is 34.1 Å². The first-order chi connectivity index (χ1) is 14.7. The highest BCUT2D eigenvalue weighted by Crippen LogP contribution is 2.25. The van der Waals surface area contributed by atoms with Gasteiger partial charge in [0.15, 0.2) is 6.29 Å². The summed E-state index contributed by atoms with van der Waals surface area (Å²) < 4.78 is 39.4. The van der Waals surface area contributed by atoms with Gasteiger partial charge in [-0.1, -0.05) is 6.92 Å². The average molecular weight is 452 g/mol. The normalized spacial score (nSPS) is 16.2. The van der Waals surface area contributed by atoms with E-state index < -0.39 is 27.6 Å². The summed E-state index contributed by atoms with van der Waals surface area (Å²) in [5, 5.41) is 2.78. The zero-order chi connectivity index (χ0) is 22.8. The van der Waals surface area contributed by atoms with Gasteiger partial charge in [0.2, 0.25) is 15.5 Å². The Hall–Kier alpha value is -2.27. The van der Waals surface area contributed by atoms with Crippen molar-refractivity contribution in [1.29, 1.82) is 0 Å². The molecule has 3 rings (SSSR count). The Bertz CT molecular complexity index is 1120. The maximum Gasteiger partial charge on any atom is 0.256 e. The van der Waals surface area contributed by atoms with Gasteiger partial charge >= 0.3 is 0 Å². The lowest BCUT2D eigenvalue weighted by Gasteiger charge is -2.29. The number of hydrogen-bond acceptors (Lipinski definition) is 6. The van der Waals surface area contributed by atoms with Crippen molar-refractivity contribution in [2.24, 2.45) is 13.0 Å². The number of fused-ring (bicyclic) bond motifs is 1. The summed E-state index contributed by atoms with van der Waals surface area (Å²) in [4.78, 5) is 25.7. The van der Waals surface area contributed by atoms with Crippen molar-refractivity contribution in [3.63, 3.8) is 0 Å². The molecule has 2 heterocycles. The topological polar surface area (TPSA) is 107 Å². The van der Waals surface area contributed by atoms with E-state index in [4.69, 9.17) is 9.47 Å².